The quantitative estimate of drug-likeness (QED) is 0.770. The highest BCUT2D eigenvalue weighted by Crippen LogP contribution is 2.20. The lowest BCUT2D eigenvalue weighted by Gasteiger charge is -2.33. The first-order valence-corrected chi connectivity index (χ1v) is 6.65. The molecule has 1 aromatic rings. The van der Waals surface area contributed by atoms with Crippen LogP contribution in [0.15, 0.2) is 24.3 Å². The maximum atomic E-state index is 12.0. The molecule has 0 fully saturated rings. The molecule has 0 spiro atoms. The van der Waals surface area contributed by atoms with Crippen LogP contribution in [0.5, 0.6) is 5.75 Å². The van der Waals surface area contributed by atoms with Gasteiger partial charge in [-0.3, -0.25) is 0 Å². The number of nitrogens with zero attached hydrogens (tertiary/aromatic N) is 1. The van der Waals surface area contributed by atoms with E-state index in [0.717, 1.165) is 11.4 Å². The van der Waals surface area contributed by atoms with Crippen molar-refractivity contribution in [3.05, 3.63) is 24.3 Å². The van der Waals surface area contributed by atoms with Gasteiger partial charge in [0.25, 0.3) is 0 Å². The van der Waals surface area contributed by atoms with E-state index in [9.17, 15) is 4.79 Å². The van der Waals surface area contributed by atoms with Gasteiger partial charge >= 0.3 is 5.97 Å². The van der Waals surface area contributed by atoms with E-state index in [0.29, 0.717) is 13.1 Å². The highest BCUT2D eigenvalue weighted by atomic mass is 16.5. The zero-order valence-electron chi connectivity index (χ0n) is 12.9. The molecule has 1 atom stereocenters. The van der Waals surface area contributed by atoms with E-state index in [1.807, 2.05) is 50.1 Å². The summed E-state index contributed by atoms with van der Waals surface area (Å²) in [4.78, 5) is 14.0. The summed E-state index contributed by atoms with van der Waals surface area (Å²) in [6.45, 7) is 5.03. The molecule has 0 heterocycles. The van der Waals surface area contributed by atoms with Crippen molar-refractivity contribution in [3.8, 4) is 5.75 Å². The number of methoxy groups -OCH3 is 2. The van der Waals surface area contributed by atoms with Crippen molar-refractivity contribution < 1.29 is 14.3 Å². The number of carbonyl (C=O) groups is 1. The maximum absolute atomic E-state index is 12.0. The monoisotopic (exact) mass is 280 g/mol. The molecule has 0 radical (unpaired) electrons. The predicted octanol–water partition coefficient (Wildman–Crippen LogP) is 1.67. The highest BCUT2D eigenvalue weighted by molar-refractivity contribution is 5.81. The zero-order chi connectivity index (χ0) is 15.2. The second-order valence-corrected chi connectivity index (χ2v) is 4.91. The van der Waals surface area contributed by atoms with Gasteiger partial charge in [-0.25, -0.2) is 4.79 Å². The summed E-state index contributed by atoms with van der Waals surface area (Å²) in [5.41, 5.74) is 0.275. The number of esters is 1. The van der Waals surface area contributed by atoms with Crippen molar-refractivity contribution in [1.82, 2.24) is 5.32 Å². The van der Waals surface area contributed by atoms with E-state index in [-0.39, 0.29) is 5.97 Å². The Kier molecular flexibility index (Phi) is 5.82. The molecule has 1 rings (SSSR count). The fraction of sp³-hybridized carbons (Fsp3) is 0.533. The molecule has 1 aromatic carbocycles. The van der Waals surface area contributed by atoms with Crippen LogP contribution in [0, 0.1) is 0 Å². The molecule has 0 amide bonds. The molecule has 0 saturated carbocycles. The summed E-state index contributed by atoms with van der Waals surface area (Å²) in [5, 5.41) is 3.19. The third kappa shape index (κ3) is 3.87. The molecule has 1 N–H and O–H groups in total. The lowest BCUT2D eigenvalue weighted by molar-refractivity contribution is -0.147. The maximum Gasteiger partial charge on any atom is 0.327 e. The van der Waals surface area contributed by atoms with Crippen LogP contribution >= 0.6 is 0 Å². The minimum Gasteiger partial charge on any atom is -0.497 e. The molecule has 1 unspecified atom stereocenters. The predicted molar refractivity (Wildman–Crippen MR) is 80.4 cm³/mol. The Hall–Kier alpha value is -1.75. The Labute approximate surface area is 120 Å². The van der Waals surface area contributed by atoms with E-state index in [1.165, 1.54) is 7.11 Å². The minimum atomic E-state index is -0.738. The van der Waals surface area contributed by atoms with Gasteiger partial charge in [0.05, 0.1) is 14.2 Å². The van der Waals surface area contributed by atoms with Gasteiger partial charge < -0.3 is 19.7 Å². The van der Waals surface area contributed by atoms with E-state index in [4.69, 9.17) is 9.47 Å². The second-order valence-electron chi connectivity index (χ2n) is 4.91. The Morgan fingerprint density at radius 1 is 1.30 bits per heavy atom. The van der Waals surface area contributed by atoms with E-state index >= 15 is 0 Å². The van der Waals surface area contributed by atoms with Crippen molar-refractivity contribution in [3.63, 3.8) is 0 Å². The van der Waals surface area contributed by atoms with Crippen LogP contribution in [0.2, 0.25) is 0 Å². The minimum absolute atomic E-state index is 0.264. The van der Waals surface area contributed by atoms with Crippen LogP contribution < -0.4 is 15.0 Å². The van der Waals surface area contributed by atoms with Gasteiger partial charge in [-0.2, -0.15) is 0 Å². The normalized spacial score (nSPS) is 13.4. The molecule has 0 bridgehead atoms. The van der Waals surface area contributed by atoms with Crippen LogP contribution in [0.1, 0.15) is 13.8 Å². The number of carbonyl (C=O) groups excluding carboxylic acids is 1. The smallest absolute Gasteiger partial charge is 0.327 e. The Morgan fingerprint density at radius 3 is 2.35 bits per heavy atom. The molecule has 20 heavy (non-hydrogen) atoms. The molecule has 112 valence electrons. The summed E-state index contributed by atoms with van der Waals surface area (Å²) in [6.07, 6.45) is 0. The Morgan fingerprint density at radius 2 is 1.90 bits per heavy atom. The molecule has 0 saturated heterocycles. The van der Waals surface area contributed by atoms with E-state index in [2.05, 4.69) is 5.32 Å². The number of anilines is 1. The summed E-state index contributed by atoms with van der Waals surface area (Å²) < 4.78 is 10.0. The fourth-order valence-electron chi connectivity index (χ4n) is 2.21. The number of ether oxygens (including phenoxy) is 2. The summed E-state index contributed by atoms with van der Waals surface area (Å²) in [6, 6.07) is 7.72. The third-order valence-electron chi connectivity index (χ3n) is 3.27. The number of likely N-dealkylation sites (N-methyl/N-ethyl adjacent to an activating group) is 2. The first-order valence-electron chi connectivity index (χ1n) is 6.65. The van der Waals surface area contributed by atoms with Crippen molar-refractivity contribution in [1.29, 1.82) is 0 Å². The average molecular weight is 280 g/mol. The van der Waals surface area contributed by atoms with Crippen molar-refractivity contribution in [2.45, 2.75) is 19.4 Å². The van der Waals surface area contributed by atoms with Crippen LogP contribution in [0.4, 0.5) is 5.69 Å². The molecule has 0 aromatic heterocycles. The highest BCUT2D eigenvalue weighted by Gasteiger charge is 2.34. The van der Waals surface area contributed by atoms with Gasteiger partial charge in [-0.15, -0.1) is 0 Å². The number of hydrogen-bond donors (Lipinski definition) is 1. The van der Waals surface area contributed by atoms with Crippen molar-refractivity contribution in [2.75, 3.05) is 39.3 Å². The van der Waals surface area contributed by atoms with Gasteiger partial charge in [0, 0.05) is 19.3 Å². The van der Waals surface area contributed by atoms with Gasteiger partial charge in [0.2, 0.25) is 0 Å². The van der Waals surface area contributed by atoms with Crippen molar-refractivity contribution in [2.24, 2.45) is 0 Å². The fourth-order valence-corrected chi connectivity index (χ4v) is 2.21. The molecule has 5 heteroatoms. The molecule has 0 aliphatic carbocycles. The van der Waals surface area contributed by atoms with Gasteiger partial charge in [0.1, 0.15) is 11.3 Å². The van der Waals surface area contributed by atoms with Crippen LogP contribution in [0.3, 0.4) is 0 Å². The SMILES string of the molecule is CCNC(C)(CN(C)c1ccc(OC)cc1)C(=O)OC. The Balaban J connectivity index is 2.84. The van der Waals surface area contributed by atoms with Crippen LogP contribution in [0.25, 0.3) is 0 Å². The number of nitrogens with one attached hydrogen (secondary N) is 1. The van der Waals surface area contributed by atoms with Gasteiger partial charge in [-0.05, 0) is 37.7 Å². The number of hydrogen-bond acceptors (Lipinski definition) is 5. The van der Waals surface area contributed by atoms with E-state index in [1.54, 1.807) is 7.11 Å². The standard InChI is InChI=1S/C15H24N2O3/c1-6-16-15(2,14(18)20-5)11-17(3)12-7-9-13(19-4)10-8-12/h7-10,16H,6,11H2,1-5H3. The van der Waals surface area contributed by atoms with Crippen LogP contribution in [-0.4, -0.2) is 45.9 Å². The largest absolute Gasteiger partial charge is 0.497 e. The summed E-state index contributed by atoms with van der Waals surface area (Å²) >= 11 is 0. The zero-order valence-corrected chi connectivity index (χ0v) is 12.9. The van der Waals surface area contributed by atoms with Gasteiger partial charge in [-0.1, -0.05) is 6.92 Å². The molecular formula is C15H24N2O3. The first kappa shape index (κ1) is 16.3. The number of benzene rings is 1. The van der Waals surface area contributed by atoms with Crippen molar-refractivity contribution >= 4 is 11.7 Å². The second kappa shape index (κ2) is 7.14. The van der Waals surface area contributed by atoms with Crippen LogP contribution in [-0.2, 0) is 9.53 Å². The molecular weight excluding hydrogens is 256 g/mol. The lowest BCUT2D eigenvalue weighted by atomic mass is 10.0. The first-order chi connectivity index (χ1) is 9.46. The summed E-state index contributed by atoms with van der Waals surface area (Å²) in [5.74, 6) is 0.546. The molecule has 0 aliphatic heterocycles. The summed E-state index contributed by atoms with van der Waals surface area (Å²) in [7, 11) is 4.99. The molecule has 5 nitrogen and oxygen atoms in total. The van der Waals surface area contributed by atoms with Gasteiger partial charge in [0.15, 0.2) is 0 Å². The third-order valence-corrected chi connectivity index (χ3v) is 3.27. The Bertz CT molecular complexity index is 433. The topological polar surface area (TPSA) is 50.8 Å². The lowest BCUT2D eigenvalue weighted by Crippen LogP contribution is -2.56. The molecule has 0 aliphatic rings. The average Bonchev–Trinajstić information content (AvgIpc) is 2.46. The number of rotatable bonds is 7. The van der Waals surface area contributed by atoms with E-state index < -0.39 is 5.54 Å².